The zero-order valence-electron chi connectivity index (χ0n) is 16.1. The number of benzene rings is 1. The summed E-state index contributed by atoms with van der Waals surface area (Å²) < 4.78 is 0. The zero-order chi connectivity index (χ0) is 19.3. The fraction of sp³-hybridized carbons (Fsp3) is 0.409. The number of carbonyl (C=O) groups is 2. The molecule has 1 aromatic heterocycles. The van der Waals surface area contributed by atoms with Gasteiger partial charge in [0.05, 0.1) is 17.7 Å². The highest BCUT2D eigenvalue weighted by molar-refractivity contribution is 5.88. The minimum absolute atomic E-state index is 0.110. The summed E-state index contributed by atoms with van der Waals surface area (Å²) in [6.45, 7) is 3.90. The summed E-state index contributed by atoms with van der Waals surface area (Å²) in [5.41, 5.74) is 1.56. The molecule has 1 aliphatic heterocycles. The van der Waals surface area contributed by atoms with E-state index in [-0.39, 0.29) is 11.7 Å². The average Bonchev–Trinajstić information content (AvgIpc) is 2.69. The second kappa shape index (κ2) is 8.44. The minimum atomic E-state index is -0.460. The standard InChI is InChI=1S/C22H27N3O2/c1-18(26)22(19-8-4-3-5-9-19)11-14-25(15-12-22)21(27)17-24(2)16-20-10-6-7-13-23-20/h3-10,13H,11-12,14-17H2,1-2H3. The molecule has 0 aliphatic carbocycles. The largest absolute Gasteiger partial charge is 0.341 e. The normalized spacial score (nSPS) is 16.3. The molecule has 142 valence electrons. The Kier molecular flexibility index (Phi) is 6.01. The third-order valence-electron chi connectivity index (χ3n) is 5.53. The van der Waals surface area contributed by atoms with Gasteiger partial charge in [-0.1, -0.05) is 36.4 Å². The van der Waals surface area contributed by atoms with Gasteiger partial charge in [-0.05, 0) is 44.5 Å². The Morgan fingerprint density at radius 2 is 1.74 bits per heavy atom. The van der Waals surface area contributed by atoms with E-state index in [9.17, 15) is 9.59 Å². The lowest BCUT2D eigenvalue weighted by atomic mass is 9.70. The molecule has 1 aromatic carbocycles. The van der Waals surface area contributed by atoms with Gasteiger partial charge >= 0.3 is 0 Å². The number of carbonyl (C=O) groups excluding carboxylic acids is 2. The van der Waals surface area contributed by atoms with Gasteiger partial charge in [-0.2, -0.15) is 0 Å². The zero-order valence-corrected chi connectivity index (χ0v) is 16.1. The predicted octanol–water partition coefficient (Wildman–Crippen LogP) is 2.66. The number of nitrogens with zero attached hydrogens (tertiary/aromatic N) is 3. The fourth-order valence-electron chi connectivity index (χ4n) is 3.89. The van der Waals surface area contributed by atoms with Crippen LogP contribution in [-0.4, -0.2) is 53.2 Å². The molecule has 27 heavy (non-hydrogen) atoms. The summed E-state index contributed by atoms with van der Waals surface area (Å²) in [6, 6.07) is 15.8. The number of hydrogen-bond donors (Lipinski definition) is 0. The topological polar surface area (TPSA) is 53.5 Å². The van der Waals surface area contributed by atoms with E-state index < -0.39 is 5.41 Å². The van der Waals surface area contributed by atoms with E-state index >= 15 is 0 Å². The van der Waals surface area contributed by atoms with Gasteiger partial charge in [0.15, 0.2) is 0 Å². The van der Waals surface area contributed by atoms with Crippen LogP contribution in [0.2, 0.25) is 0 Å². The molecule has 0 spiro atoms. The first-order valence-electron chi connectivity index (χ1n) is 9.44. The molecule has 0 unspecified atom stereocenters. The van der Waals surface area contributed by atoms with Crippen LogP contribution in [0.15, 0.2) is 54.7 Å². The van der Waals surface area contributed by atoms with Crippen LogP contribution in [0.3, 0.4) is 0 Å². The van der Waals surface area contributed by atoms with Gasteiger partial charge in [-0.15, -0.1) is 0 Å². The number of aromatic nitrogens is 1. The number of likely N-dealkylation sites (N-methyl/N-ethyl adjacent to an activating group) is 1. The lowest BCUT2D eigenvalue weighted by Crippen LogP contribution is -2.50. The van der Waals surface area contributed by atoms with E-state index in [2.05, 4.69) is 4.98 Å². The third kappa shape index (κ3) is 4.42. The van der Waals surface area contributed by atoms with Gasteiger partial charge < -0.3 is 4.90 Å². The molecule has 1 aliphatic rings. The van der Waals surface area contributed by atoms with Crippen LogP contribution in [0.4, 0.5) is 0 Å². The summed E-state index contributed by atoms with van der Waals surface area (Å²) in [6.07, 6.45) is 3.13. The second-order valence-corrected chi connectivity index (χ2v) is 7.38. The molecular formula is C22H27N3O2. The molecule has 5 heteroatoms. The number of rotatable bonds is 6. The van der Waals surface area contributed by atoms with Crippen molar-refractivity contribution in [3.8, 4) is 0 Å². The van der Waals surface area contributed by atoms with E-state index in [0.29, 0.717) is 39.0 Å². The van der Waals surface area contributed by atoms with Gasteiger partial charge in [0.25, 0.3) is 0 Å². The number of ketones is 1. The first-order chi connectivity index (χ1) is 13.0. The molecular weight excluding hydrogens is 338 g/mol. The Hall–Kier alpha value is -2.53. The highest BCUT2D eigenvalue weighted by Gasteiger charge is 2.41. The van der Waals surface area contributed by atoms with Crippen molar-refractivity contribution in [2.24, 2.45) is 0 Å². The monoisotopic (exact) mass is 365 g/mol. The Morgan fingerprint density at radius 1 is 1.07 bits per heavy atom. The molecule has 2 heterocycles. The molecule has 1 saturated heterocycles. The highest BCUT2D eigenvalue weighted by atomic mass is 16.2. The Bertz CT molecular complexity index is 769. The van der Waals surface area contributed by atoms with E-state index in [1.54, 1.807) is 13.1 Å². The number of amides is 1. The maximum atomic E-state index is 12.7. The SMILES string of the molecule is CC(=O)C1(c2ccccc2)CCN(C(=O)CN(C)Cc2ccccn2)CC1. The number of piperidine rings is 1. The molecule has 0 bridgehead atoms. The van der Waals surface area contributed by atoms with Crippen molar-refractivity contribution in [3.05, 3.63) is 66.0 Å². The Labute approximate surface area is 161 Å². The van der Waals surface area contributed by atoms with Crippen LogP contribution in [0.1, 0.15) is 31.0 Å². The average molecular weight is 365 g/mol. The van der Waals surface area contributed by atoms with E-state index in [1.807, 2.05) is 65.4 Å². The van der Waals surface area contributed by atoms with Gasteiger partial charge in [0.2, 0.25) is 5.91 Å². The van der Waals surface area contributed by atoms with Crippen LogP contribution in [0.25, 0.3) is 0 Å². The number of Topliss-reactive ketones (excluding diaryl/α,β-unsaturated/α-hetero) is 1. The van der Waals surface area contributed by atoms with Crippen molar-refractivity contribution in [1.82, 2.24) is 14.8 Å². The van der Waals surface area contributed by atoms with Crippen molar-refractivity contribution < 1.29 is 9.59 Å². The molecule has 1 fully saturated rings. The van der Waals surface area contributed by atoms with Gasteiger partial charge in [-0.3, -0.25) is 19.5 Å². The quantitative estimate of drug-likeness (QED) is 0.790. The summed E-state index contributed by atoms with van der Waals surface area (Å²) in [7, 11) is 1.93. The number of pyridine rings is 1. The smallest absolute Gasteiger partial charge is 0.236 e. The van der Waals surface area contributed by atoms with E-state index in [1.165, 1.54) is 0 Å². The Balaban J connectivity index is 1.59. The van der Waals surface area contributed by atoms with Crippen molar-refractivity contribution in [2.75, 3.05) is 26.7 Å². The van der Waals surface area contributed by atoms with Crippen LogP contribution in [-0.2, 0) is 21.5 Å². The van der Waals surface area contributed by atoms with E-state index in [4.69, 9.17) is 0 Å². The van der Waals surface area contributed by atoms with Gasteiger partial charge in [-0.25, -0.2) is 0 Å². The number of hydrogen-bond acceptors (Lipinski definition) is 4. The predicted molar refractivity (Wildman–Crippen MR) is 105 cm³/mol. The molecule has 3 rings (SSSR count). The second-order valence-electron chi connectivity index (χ2n) is 7.38. The molecule has 5 nitrogen and oxygen atoms in total. The van der Waals surface area contributed by atoms with Crippen molar-refractivity contribution >= 4 is 11.7 Å². The van der Waals surface area contributed by atoms with Crippen molar-refractivity contribution in [1.29, 1.82) is 0 Å². The van der Waals surface area contributed by atoms with Crippen LogP contribution >= 0.6 is 0 Å². The highest BCUT2D eigenvalue weighted by Crippen LogP contribution is 2.36. The summed E-state index contributed by atoms with van der Waals surface area (Å²) >= 11 is 0. The van der Waals surface area contributed by atoms with E-state index in [0.717, 1.165) is 11.3 Å². The Morgan fingerprint density at radius 3 is 2.33 bits per heavy atom. The minimum Gasteiger partial charge on any atom is -0.341 e. The molecule has 1 amide bonds. The van der Waals surface area contributed by atoms with Gasteiger partial charge in [0.1, 0.15) is 5.78 Å². The van der Waals surface area contributed by atoms with Crippen LogP contribution in [0.5, 0.6) is 0 Å². The van der Waals surface area contributed by atoms with Crippen molar-refractivity contribution in [2.45, 2.75) is 31.7 Å². The lowest BCUT2D eigenvalue weighted by Gasteiger charge is -2.41. The van der Waals surface area contributed by atoms with Crippen LogP contribution in [0, 0.1) is 0 Å². The molecule has 0 atom stereocenters. The fourth-order valence-corrected chi connectivity index (χ4v) is 3.89. The summed E-state index contributed by atoms with van der Waals surface area (Å²) in [5.74, 6) is 0.298. The molecule has 0 saturated carbocycles. The van der Waals surface area contributed by atoms with Crippen molar-refractivity contribution in [3.63, 3.8) is 0 Å². The summed E-state index contributed by atoms with van der Waals surface area (Å²) in [5, 5.41) is 0. The lowest BCUT2D eigenvalue weighted by molar-refractivity contribution is -0.136. The summed E-state index contributed by atoms with van der Waals surface area (Å²) in [4.78, 5) is 33.3. The third-order valence-corrected chi connectivity index (χ3v) is 5.53. The number of likely N-dealkylation sites (tertiary alicyclic amines) is 1. The molecule has 0 N–H and O–H groups in total. The van der Waals surface area contributed by atoms with Crippen LogP contribution < -0.4 is 0 Å². The maximum Gasteiger partial charge on any atom is 0.236 e. The first kappa shape index (κ1) is 19.2. The molecule has 0 radical (unpaired) electrons. The first-order valence-corrected chi connectivity index (χ1v) is 9.44. The van der Waals surface area contributed by atoms with Gasteiger partial charge in [0, 0.05) is 25.8 Å². The maximum absolute atomic E-state index is 12.7. The molecule has 2 aromatic rings.